The summed E-state index contributed by atoms with van der Waals surface area (Å²) in [5.74, 6) is 0.735. The lowest BCUT2D eigenvalue weighted by atomic mass is 9.91. The van der Waals surface area contributed by atoms with Crippen LogP contribution in [-0.2, 0) is 0 Å². The molecule has 2 aromatic heterocycles. The SMILES string of the molecule is CC(O)c1c(C2CCCNC2)nc2c(C3=CN(C)NC3)cnn2c1N. The molecule has 2 aromatic rings. The summed E-state index contributed by atoms with van der Waals surface area (Å²) < 4.78 is 1.65. The summed E-state index contributed by atoms with van der Waals surface area (Å²) >= 11 is 0. The minimum absolute atomic E-state index is 0.256. The standard InChI is InChI=1S/C17H25N7O/c1-10(25)14-15(11-4-3-5-19-6-11)22-17-13(8-21-24(17)16(14)18)12-7-20-23(2)9-12/h8-11,19-20,25H,3-7,18H2,1-2H3. The number of piperidine rings is 1. The lowest BCUT2D eigenvalue weighted by Crippen LogP contribution is -2.30. The highest BCUT2D eigenvalue weighted by Crippen LogP contribution is 2.34. The molecular weight excluding hydrogens is 318 g/mol. The van der Waals surface area contributed by atoms with Gasteiger partial charge in [-0.2, -0.15) is 9.61 Å². The zero-order valence-corrected chi connectivity index (χ0v) is 14.7. The van der Waals surface area contributed by atoms with Gasteiger partial charge in [-0.25, -0.2) is 10.4 Å². The van der Waals surface area contributed by atoms with Gasteiger partial charge in [0.25, 0.3) is 0 Å². The van der Waals surface area contributed by atoms with Crippen molar-refractivity contribution < 1.29 is 5.11 Å². The molecule has 0 amide bonds. The number of rotatable bonds is 3. The van der Waals surface area contributed by atoms with Crippen molar-refractivity contribution in [2.45, 2.75) is 31.8 Å². The number of fused-ring (bicyclic) bond motifs is 1. The molecule has 1 fully saturated rings. The molecule has 0 saturated carbocycles. The zero-order chi connectivity index (χ0) is 17.6. The molecule has 4 heterocycles. The van der Waals surface area contributed by atoms with Gasteiger partial charge >= 0.3 is 0 Å². The van der Waals surface area contributed by atoms with Crippen LogP contribution in [0.15, 0.2) is 12.4 Å². The van der Waals surface area contributed by atoms with E-state index in [4.69, 9.17) is 10.7 Å². The number of aliphatic hydroxyl groups is 1. The fourth-order valence-corrected chi connectivity index (χ4v) is 3.80. The molecule has 0 bridgehead atoms. The average molecular weight is 343 g/mol. The summed E-state index contributed by atoms with van der Waals surface area (Å²) in [6.07, 6.45) is 5.31. The van der Waals surface area contributed by atoms with Crippen LogP contribution in [0, 0.1) is 0 Å². The van der Waals surface area contributed by atoms with Gasteiger partial charge in [-0.05, 0) is 31.9 Å². The molecule has 5 N–H and O–H groups in total. The Morgan fingerprint density at radius 3 is 2.92 bits per heavy atom. The van der Waals surface area contributed by atoms with Gasteiger partial charge in [0.1, 0.15) is 5.82 Å². The maximum absolute atomic E-state index is 10.3. The Balaban J connectivity index is 1.89. The predicted molar refractivity (Wildman–Crippen MR) is 96.6 cm³/mol. The molecule has 0 radical (unpaired) electrons. The minimum Gasteiger partial charge on any atom is -0.388 e. The van der Waals surface area contributed by atoms with Gasteiger partial charge < -0.3 is 21.2 Å². The first kappa shape index (κ1) is 16.3. The number of nitrogens with two attached hydrogens (primary N) is 1. The van der Waals surface area contributed by atoms with Crippen molar-refractivity contribution in [3.63, 3.8) is 0 Å². The second-order valence-corrected chi connectivity index (χ2v) is 6.91. The van der Waals surface area contributed by atoms with Crippen LogP contribution in [0.5, 0.6) is 0 Å². The first-order chi connectivity index (χ1) is 12.1. The maximum atomic E-state index is 10.3. The Kier molecular flexibility index (Phi) is 4.10. The van der Waals surface area contributed by atoms with Crippen molar-refractivity contribution in [1.82, 2.24) is 30.3 Å². The van der Waals surface area contributed by atoms with Gasteiger partial charge in [0.2, 0.25) is 0 Å². The summed E-state index contributed by atoms with van der Waals surface area (Å²) in [5.41, 5.74) is 14.1. The molecule has 134 valence electrons. The Labute approximate surface area is 146 Å². The van der Waals surface area contributed by atoms with E-state index in [0.29, 0.717) is 11.4 Å². The number of nitrogens with zero attached hydrogens (tertiary/aromatic N) is 4. The van der Waals surface area contributed by atoms with E-state index in [2.05, 4.69) is 15.8 Å². The van der Waals surface area contributed by atoms with Crippen LogP contribution >= 0.6 is 0 Å². The number of aromatic nitrogens is 3. The second-order valence-electron chi connectivity index (χ2n) is 6.91. The number of anilines is 1. The molecule has 0 aliphatic carbocycles. The monoisotopic (exact) mass is 343 g/mol. The predicted octanol–water partition coefficient (Wildman–Crippen LogP) is 0.623. The van der Waals surface area contributed by atoms with Crippen molar-refractivity contribution in [2.75, 3.05) is 32.4 Å². The van der Waals surface area contributed by atoms with Crippen molar-refractivity contribution in [3.8, 4) is 0 Å². The summed E-state index contributed by atoms with van der Waals surface area (Å²) in [6, 6.07) is 0. The lowest BCUT2D eigenvalue weighted by molar-refractivity contribution is 0.196. The summed E-state index contributed by atoms with van der Waals surface area (Å²) in [7, 11) is 1.96. The number of nitrogens with one attached hydrogen (secondary N) is 2. The van der Waals surface area contributed by atoms with E-state index in [9.17, 15) is 5.11 Å². The highest BCUT2D eigenvalue weighted by molar-refractivity contribution is 5.78. The first-order valence-corrected chi connectivity index (χ1v) is 8.79. The van der Waals surface area contributed by atoms with E-state index in [1.165, 1.54) is 0 Å². The summed E-state index contributed by atoms with van der Waals surface area (Å²) in [5, 5.41) is 20.1. The topological polar surface area (TPSA) is 104 Å². The van der Waals surface area contributed by atoms with Crippen LogP contribution in [0.1, 0.15) is 48.6 Å². The molecule has 25 heavy (non-hydrogen) atoms. The van der Waals surface area contributed by atoms with E-state index in [1.807, 2.05) is 18.3 Å². The van der Waals surface area contributed by atoms with Gasteiger partial charge in [0, 0.05) is 43.4 Å². The van der Waals surface area contributed by atoms with Crippen molar-refractivity contribution in [3.05, 3.63) is 29.2 Å². The van der Waals surface area contributed by atoms with Crippen molar-refractivity contribution >= 4 is 17.0 Å². The fourth-order valence-electron chi connectivity index (χ4n) is 3.80. The Morgan fingerprint density at radius 1 is 1.44 bits per heavy atom. The van der Waals surface area contributed by atoms with Gasteiger partial charge in [-0.3, -0.25) is 0 Å². The molecule has 2 aliphatic heterocycles. The van der Waals surface area contributed by atoms with E-state index in [1.54, 1.807) is 17.6 Å². The van der Waals surface area contributed by atoms with E-state index < -0.39 is 6.10 Å². The average Bonchev–Trinajstić information content (AvgIpc) is 3.21. The number of hydrogen-bond donors (Lipinski definition) is 4. The van der Waals surface area contributed by atoms with Crippen molar-refractivity contribution in [2.24, 2.45) is 0 Å². The molecule has 8 nitrogen and oxygen atoms in total. The quantitative estimate of drug-likeness (QED) is 0.648. The molecule has 1 saturated heterocycles. The highest BCUT2D eigenvalue weighted by Gasteiger charge is 2.27. The molecule has 2 aliphatic rings. The van der Waals surface area contributed by atoms with Crippen LogP contribution < -0.4 is 16.5 Å². The molecule has 8 heteroatoms. The smallest absolute Gasteiger partial charge is 0.165 e. The molecule has 2 unspecified atom stereocenters. The van der Waals surface area contributed by atoms with E-state index in [-0.39, 0.29) is 5.92 Å². The van der Waals surface area contributed by atoms with Crippen LogP contribution in [0.4, 0.5) is 5.82 Å². The lowest BCUT2D eigenvalue weighted by Gasteiger charge is -2.26. The summed E-state index contributed by atoms with van der Waals surface area (Å²) in [6.45, 7) is 4.36. The normalized spacial score (nSPS) is 22.4. The molecule has 0 spiro atoms. The largest absolute Gasteiger partial charge is 0.388 e. The Bertz CT molecular complexity index is 820. The zero-order valence-electron chi connectivity index (χ0n) is 14.7. The number of aliphatic hydroxyl groups excluding tert-OH is 1. The number of nitrogen functional groups attached to an aromatic ring is 1. The van der Waals surface area contributed by atoms with Crippen LogP contribution in [0.25, 0.3) is 11.2 Å². The number of hydrogen-bond acceptors (Lipinski definition) is 7. The molecule has 2 atom stereocenters. The van der Waals surface area contributed by atoms with Crippen molar-refractivity contribution in [1.29, 1.82) is 0 Å². The van der Waals surface area contributed by atoms with Crippen LogP contribution in [0.2, 0.25) is 0 Å². The third-order valence-corrected chi connectivity index (χ3v) is 5.07. The second kappa shape index (κ2) is 6.29. The van der Waals surface area contributed by atoms with Gasteiger partial charge in [-0.1, -0.05) is 0 Å². The third-order valence-electron chi connectivity index (χ3n) is 5.07. The maximum Gasteiger partial charge on any atom is 0.165 e. The molecule has 0 aromatic carbocycles. The Hall–Kier alpha value is -2.16. The summed E-state index contributed by atoms with van der Waals surface area (Å²) in [4.78, 5) is 4.94. The molecular formula is C17H25N7O. The van der Waals surface area contributed by atoms with Crippen LogP contribution in [0.3, 0.4) is 0 Å². The van der Waals surface area contributed by atoms with Gasteiger partial charge in [0.05, 0.1) is 18.0 Å². The fraction of sp³-hybridized carbons (Fsp3) is 0.529. The van der Waals surface area contributed by atoms with Gasteiger partial charge in [0.15, 0.2) is 5.65 Å². The van der Waals surface area contributed by atoms with E-state index in [0.717, 1.165) is 55.0 Å². The minimum atomic E-state index is -0.681. The first-order valence-electron chi connectivity index (χ1n) is 8.79. The highest BCUT2D eigenvalue weighted by atomic mass is 16.3. The molecule has 4 rings (SSSR count). The van der Waals surface area contributed by atoms with Gasteiger partial charge in [-0.15, -0.1) is 0 Å². The number of hydrazine groups is 1. The Morgan fingerprint density at radius 2 is 2.28 bits per heavy atom. The van der Waals surface area contributed by atoms with E-state index >= 15 is 0 Å². The van der Waals surface area contributed by atoms with Crippen LogP contribution in [-0.4, -0.2) is 51.4 Å². The third kappa shape index (κ3) is 2.76.